The van der Waals surface area contributed by atoms with E-state index in [0.717, 1.165) is 0 Å². The van der Waals surface area contributed by atoms with Gasteiger partial charge in [-0.05, 0) is 37.1 Å². The summed E-state index contributed by atoms with van der Waals surface area (Å²) in [5.74, 6) is -4.98. The summed E-state index contributed by atoms with van der Waals surface area (Å²) < 4.78 is 33.6. The van der Waals surface area contributed by atoms with Gasteiger partial charge >= 0.3 is 0 Å². The number of carbonyl (C=O) groups excluding carboxylic acids is 3. The van der Waals surface area contributed by atoms with E-state index < -0.39 is 54.6 Å². The molecular weight excluding hydrogens is 594 g/mol. The van der Waals surface area contributed by atoms with Crippen LogP contribution in [0, 0.1) is 23.2 Å². The molecule has 44 heavy (non-hydrogen) atoms. The lowest BCUT2D eigenvalue weighted by Gasteiger charge is -2.39. The van der Waals surface area contributed by atoms with Crippen molar-refractivity contribution in [2.75, 3.05) is 9.80 Å². The van der Waals surface area contributed by atoms with Gasteiger partial charge in [0.25, 0.3) is 11.8 Å². The highest BCUT2D eigenvalue weighted by molar-refractivity contribution is 6.31. The molecule has 0 radical (unpaired) electrons. The summed E-state index contributed by atoms with van der Waals surface area (Å²) in [6.07, 6.45) is 0.761. The lowest BCUT2D eigenvalue weighted by Crippen LogP contribution is -2.56. The second-order valence-electron chi connectivity index (χ2n) is 11.6. The Kier molecular flexibility index (Phi) is 6.73. The van der Waals surface area contributed by atoms with E-state index in [0.29, 0.717) is 12.2 Å². The van der Waals surface area contributed by atoms with Crippen LogP contribution in [0.2, 0.25) is 5.02 Å². The number of nitrogens with one attached hydrogen (secondary N) is 1. The van der Waals surface area contributed by atoms with Gasteiger partial charge in [0.1, 0.15) is 35.7 Å². The zero-order chi connectivity index (χ0) is 30.7. The number of amides is 3. The van der Waals surface area contributed by atoms with Crippen LogP contribution >= 0.6 is 11.6 Å². The van der Waals surface area contributed by atoms with E-state index >= 15 is 0 Å². The molecule has 1 saturated heterocycles. The van der Waals surface area contributed by atoms with Crippen LogP contribution in [-0.4, -0.2) is 51.8 Å². The average molecular weight is 619 g/mol. The van der Waals surface area contributed by atoms with Crippen LogP contribution in [0.25, 0.3) is 0 Å². The number of nitrogens with zero attached hydrogens (tertiary/aromatic N) is 5. The molecule has 2 aliphatic carbocycles. The number of hydrogen-bond donors (Lipinski definition) is 1. The molecule has 0 spiro atoms. The summed E-state index contributed by atoms with van der Waals surface area (Å²) in [6.45, 7) is 0. The van der Waals surface area contributed by atoms with Crippen LogP contribution in [0.5, 0.6) is 5.75 Å². The average Bonchev–Trinajstić information content (AvgIpc) is 3.65. The summed E-state index contributed by atoms with van der Waals surface area (Å²) in [7, 11) is 0. The minimum absolute atomic E-state index is 0.0152. The van der Waals surface area contributed by atoms with Crippen LogP contribution in [-0.2, 0) is 14.4 Å². The molecule has 1 N–H and O–H groups in total. The molecule has 5 atom stereocenters. The highest BCUT2D eigenvalue weighted by atomic mass is 35.5. The third-order valence-corrected chi connectivity index (χ3v) is 9.00. The number of halogens is 3. The van der Waals surface area contributed by atoms with Gasteiger partial charge in [-0.15, -0.1) is 0 Å². The maximum atomic E-state index is 14.9. The third kappa shape index (κ3) is 4.91. The zero-order valence-electron chi connectivity index (χ0n) is 23.1. The van der Waals surface area contributed by atoms with E-state index in [1.165, 1.54) is 22.1 Å². The number of aromatic nitrogens is 2. The Bertz CT molecular complexity index is 1720. The van der Waals surface area contributed by atoms with Gasteiger partial charge in [0, 0.05) is 59.3 Å². The minimum atomic E-state index is -2.88. The number of nitriles is 1. The predicted octanol–water partition coefficient (Wildman–Crippen LogP) is 4.19. The molecule has 1 aromatic heterocycles. The molecule has 3 fully saturated rings. The van der Waals surface area contributed by atoms with Gasteiger partial charge in [0.2, 0.25) is 17.8 Å². The predicted molar refractivity (Wildman–Crippen MR) is 153 cm³/mol. The van der Waals surface area contributed by atoms with Crippen molar-refractivity contribution in [3.63, 3.8) is 0 Å². The van der Waals surface area contributed by atoms with Crippen molar-refractivity contribution < 1.29 is 27.9 Å². The molecule has 4 bridgehead atoms. The first kappa shape index (κ1) is 28.2. The van der Waals surface area contributed by atoms with Crippen LogP contribution in [0.15, 0.2) is 60.8 Å². The molecule has 2 aliphatic heterocycles. The number of rotatable bonds is 5. The Hall–Kier alpha value is -4.63. The van der Waals surface area contributed by atoms with Crippen molar-refractivity contribution in [1.29, 1.82) is 5.26 Å². The number of hydrogen-bond acceptors (Lipinski definition) is 7. The van der Waals surface area contributed by atoms with Crippen LogP contribution in [0.4, 0.5) is 20.4 Å². The molecule has 7 rings (SSSR count). The fourth-order valence-corrected chi connectivity index (χ4v) is 6.68. The van der Waals surface area contributed by atoms with Gasteiger partial charge < -0.3 is 10.1 Å². The highest BCUT2D eigenvalue weighted by Gasteiger charge is 2.58. The Morgan fingerprint density at radius 3 is 2.66 bits per heavy atom. The van der Waals surface area contributed by atoms with Crippen molar-refractivity contribution in [2.24, 2.45) is 11.8 Å². The first-order chi connectivity index (χ1) is 21.1. The van der Waals surface area contributed by atoms with E-state index in [2.05, 4.69) is 15.3 Å². The molecule has 4 unspecified atom stereocenters. The summed E-state index contributed by atoms with van der Waals surface area (Å²) in [6, 6.07) is 13.2. The lowest BCUT2D eigenvalue weighted by atomic mass is 9.87. The number of benzene rings is 2. The van der Waals surface area contributed by atoms with Crippen LogP contribution in [0.3, 0.4) is 0 Å². The molecule has 3 amide bonds. The molecule has 10 nitrogen and oxygen atoms in total. The highest BCUT2D eigenvalue weighted by Crippen LogP contribution is 2.49. The molecule has 224 valence electrons. The molecular formula is C31H25ClF2N6O4. The smallest absolute Gasteiger partial charge is 0.252 e. The van der Waals surface area contributed by atoms with Crippen molar-refractivity contribution in [2.45, 2.75) is 55.8 Å². The second-order valence-corrected chi connectivity index (χ2v) is 12.0. The standard InChI is InChI=1S/C31H25ClF2N6O4/c32-23-7-2-1-6-20(23)26(27(41)37-17-13-31(33,34)14-17)39-18-4-3-5-19(10-18)44-25-12-21(25)22-11-24(29(39)43)40(28(22)42)30-36-9-8-16(15-35)38-30/h1-10,17,21-22,24-26H,11-14H2,(H,37,41)/t21?,22?,24-,25?,26?/m0/s1. The maximum Gasteiger partial charge on any atom is 0.252 e. The Morgan fingerprint density at radius 1 is 1.11 bits per heavy atom. The van der Waals surface area contributed by atoms with Crippen LogP contribution in [0.1, 0.15) is 43.0 Å². The van der Waals surface area contributed by atoms with Gasteiger partial charge in [0.05, 0.1) is 0 Å². The number of fused-ring (bicyclic) bond motifs is 6. The van der Waals surface area contributed by atoms with Crippen molar-refractivity contribution in [1.82, 2.24) is 15.3 Å². The molecule has 13 heteroatoms. The molecule has 2 aromatic carbocycles. The summed E-state index contributed by atoms with van der Waals surface area (Å²) >= 11 is 6.61. The number of ether oxygens (including phenoxy) is 1. The largest absolute Gasteiger partial charge is 0.490 e. The first-order valence-electron chi connectivity index (χ1n) is 14.2. The normalized spacial score (nSPS) is 26.0. The Morgan fingerprint density at radius 2 is 1.91 bits per heavy atom. The van der Waals surface area contributed by atoms with Gasteiger partial charge in [-0.3, -0.25) is 24.2 Å². The van der Waals surface area contributed by atoms with Gasteiger partial charge in [-0.1, -0.05) is 35.9 Å². The first-order valence-corrected chi connectivity index (χ1v) is 14.6. The molecule has 3 heterocycles. The molecule has 4 aliphatic rings. The minimum Gasteiger partial charge on any atom is -0.490 e. The Balaban J connectivity index is 1.37. The third-order valence-electron chi connectivity index (χ3n) is 8.66. The summed E-state index contributed by atoms with van der Waals surface area (Å²) in [5.41, 5.74) is 0.569. The maximum absolute atomic E-state index is 14.9. The van der Waals surface area contributed by atoms with E-state index in [4.69, 9.17) is 16.3 Å². The van der Waals surface area contributed by atoms with Crippen LogP contribution < -0.4 is 19.9 Å². The Labute approximate surface area is 255 Å². The zero-order valence-corrected chi connectivity index (χ0v) is 23.8. The van der Waals surface area contributed by atoms with Gasteiger partial charge in [-0.25, -0.2) is 18.7 Å². The van der Waals surface area contributed by atoms with Gasteiger partial charge in [-0.2, -0.15) is 5.26 Å². The molecule has 2 saturated carbocycles. The number of carbonyl (C=O) groups is 3. The van der Waals surface area contributed by atoms with E-state index in [-0.39, 0.29) is 52.3 Å². The van der Waals surface area contributed by atoms with E-state index in [9.17, 15) is 28.4 Å². The monoisotopic (exact) mass is 618 g/mol. The van der Waals surface area contributed by atoms with Crippen molar-refractivity contribution >= 4 is 41.0 Å². The number of alkyl halides is 2. The SMILES string of the molecule is N#Cc1ccnc(N2C(=O)C3C[C@H]2C(=O)N(C(C(=O)NC2CC(F)(F)C2)c2ccccc2Cl)c2cccc(c2)OC2CC23)n1. The van der Waals surface area contributed by atoms with E-state index in [1.807, 2.05) is 6.07 Å². The number of anilines is 2. The quantitative estimate of drug-likeness (QED) is 0.454. The summed E-state index contributed by atoms with van der Waals surface area (Å²) in [5, 5.41) is 12.3. The fourth-order valence-electron chi connectivity index (χ4n) is 6.44. The van der Waals surface area contributed by atoms with E-state index in [1.54, 1.807) is 48.5 Å². The van der Waals surface area contributed by atoms with Gasteiger partial charge in [0.15, 0.2) is 0 Å². The van der Waals surface area contributed by atoms with Crippen molar-refractivity contribution in [3.8, 4) is 11.8 Å². The fraction of sp³-hybridized carbons (Fsp3) is 0.355. The molecule has 3 aromatic rings. The lowest BCUT2D eigenvalue weighted by molar-refractivity contribution is -0.133. The van der Waals surface area contributed by atoms with Crippen molar-refractivity contribution in [3.05, 3.63) is 77.1 Å². The topological polar surface area (TPSA) is 129 Å². The second kappa shape index (κ2) is 10.5. The summed E-state index contributed by atoms with van der Waals surface area (Å²) in [4.78, 5) is 53.8.